The fraction of sp³-hybridized carbons (Fsp3) is 0.304. The minimum atomic E-state index is 0.0126. The predicted octanol–water partition coefficient (Wildman–Crippen LogP) is 2.58. The van der Waals surface area contributed by atoms with Crippen molar-refractivity contribution in [3.8, 4) is 28.6 Å². The number of carbonyl (C=O) groups is 1. The Bertz CT molecular complexity index is 1160. The Balaban J connectivity index is 1.30. The van der Waals surface area contributed by atoms with Crippen molar-refractivity contribution in [1.29, 1.82) is 5.26 Å². The van der Waals surface area contributed by atoms with E-state index in [9.17, 15) is 4.79 Å². The number of aromatic nitrogens is 3. The number of anilines is 1. The normalized spacial score (nSPS) is 15.2. The lowest BCUT2D eigenvalue weighted by Gasteiger charge is -2.26. The van der Waals surface area contributed by atoms with Crippen LogP contribution in [0, 0.1) is 11.3 Å². The largest absolute Gasteiger partial charge is 0.379 e. The van der Waals surface area contributed by atoms with Crippen molar-refractivity contribution in [3.63, 3.8) is 0 Å². The number of hydrogen-bond acceptors (Lipinski definition) is 6. The van der Waals surface area contributed by atoms with Crippen LogP contribution in [0.3, 0.4) is 0 Å². The van der Waals surface area contributed by atoms with Gasteiger partial charge in [-0.1, -0.05) is 6.07 Å². The predicted molar refractivity (Wildman–Crippen MR) is 115 cm³/mol. The van der Waals surface area contributed by atoms with Crippen LogP contribution in [0.2, 0.25) is 0 Å². The molecule has 31 heavy (non-hydrogen) atoms. The number of aromatic amines is 1. The maximum absolute atomic E-state index is 12.4. The minimum Gasteiger partial charge on any atom is -0.379 e. The van der Waals surface area contributed by atoms with Crippen LogP contribution in [-0.2, 0) is 16.0 Å². The van der Waals surface area contributed by atoms with Gasteiger partial charge in [-0.3, -0.25) is 14.8 Å². The molecular formula is C23H22N6O2. The second-order valence-corrected chi connectivity index (χ2v) is 7.77. The van der Waals surface area contributed by atoms with E-state index in [1.807, 2.05) is 24.3 Å². The monoisotopic (exact) mass is 414 g/mol. The Morgan fingerprint density at radius 1 is 1.26 bits per heavy atom. The summed E-state index contributed by atoms with van der Waals surface area (Å²) in [7, 11) is 0. The quantitative estimate of drug-likeness (QED) is 0.520. The summed E-state index contributed by atoms with van der Waals surface area (Å²) >= 11 is 0. The number of amides is 1. The summed E-state index contributed by atoms with van der Waals surface area (Å²) in [4.78, 5) is 18.8. The number of ether oxygens (including phenoxy) is 1. The summed E-state index contributed by atoms with van der Waals surface area (Å²) in [5.74, 6) is 0.0126. The number of pyridine rings is 1. The van der Waals surface area contributed by atoms with Gasteiger partial charge in [0.2, 0.25) is 5.91 Å². The van der Waals surface area contributed by atoms with Gasteiger partial charge in [0.05, 0.1) is 24.6 Å². The summed E-state index contributed by atoms with van der Waals surface area (Å²) < 4.78 is 5.35. The molecule has 0 saturated carbocycles. The lowest BCUT2D eigenvalue weighted by Crippen LogP contribution is -2.38. The number of nitriles is 1. The third-order valence-corrected chi connectivity index (χ3v) is 5.81. The molecule has 2 N–H and O–H groups in total. The summed E-state index contributed by atoms with van der Waals surface area (Å²) in [6, 6.07) is 11.6. The highest BCUT2D eigenvalue weighted by atomic mass is 16.5. The number of nitrogens with zero attached hydrogens (tertiary/aromatic N) is 4. The second kappa shape index (κ2) is 8.30. The Morgan fingerprint density at radius 2 is 2.13 bits per heavy atom. The standard InChI is InChI=1S/C23H22N6O2/c24-13-18-4-2-16(14-25-18)22-20-11-15-1-3-17(12-19(15)23(20)28-27-22)26-21(30)5-6-29-7-9-31-10-8-29/h1-4,12,14H,5-11H2,(H,26,30)(H,27,28). The number of fused-ring (bicyclic) bond motifs is 3. The van der Waals surface area contributed by atoms with Crippen LogP contribution >= 0.6 is 0 Å². The Kier molecular flexibility index (Phi) is 5.20. The molecule has 3 aromatic rings. The molecule has 1 aliphatic heterocycles. The lowest BCUT2D eigenvalue weighted by atomic mass is 10.1. The molecule has 0 radical (unpaired) electrons. The SMILES string of the molecule is N#Cc1ccc(-c2n[nH]c3c2Cc2ccc(NC(=O)CCN4CCOCC4)cc2-3)cn1. The molecule has 8 heteroatoms. The van der Waals surface area contributed by atoms with Gasteiger partial charge in [0, 0.05) is 61.1 Å². The van der Waals surface area contributed by atoms with Crippen LogP contribution in [0.15, 0.2) is 36.5 Å². The average molecular weight is 414 g/mol. The van der Waals surface area contributed by atoms with E-state index in [2.05, 4.69) is 31.5 Å². The van der Waals surface area contributed by atoms with Crippen molar-refractivity contribution in [2.75, 3.05) is 38.2 Å². The molecule has 2 aliphatic rings. The van der Waals surface area contributed by atoms with Crippen LogP contribution in [-0.4, -0.2) is 58.8 Å². The topological polar surface area (TPSA) is 107 Å². The molecule has 1 fully saturated rings. The molecule has 1 amide bonds. The number of benzene rings is 1. The maximum atomic E-state index is 12.4. The number of morpholine rings is 1. The van der Waals surface area contributed by atoms with E-state index in [1.54, 1.807) is 12.3 Å². The Hall–Kier alpha value is -3.54. The second-order valence-electron chi connectivity index (χ2n) is 7.77. The number of nitrogens with one attached hydrogen (secondary N) is 2. The minimum absolute atomic E-state index is 0.0126. The molecule has 2 aromatic heterocycles. The summed E-state index contributed by atoms with van der Waals surface area (Å²) in [5.41, 5.74) is 7.22. The summed E-state index contributed by atoms with van der Waals surface area (Å²) in [5, 5.41) is 19.6. The third kappa shape index (κ3) is 3.93. The van der Waals surface area contributed by atoms with Gasteiger partial charge >= 0.3 is 0 Å². The van der Waals surface area contributed by atoms with Gasteiger partial charge in [0.25, 0.3) is 0 Å². The third-order valence-electron chi connectivity index (χ3n) is 5.81. The molecule has 0 atom stereocenters. The molecule has 0 unspecified atom stereocenters. The van der Waals surface area contributed by atoms with E-state index in [0.29, 0.717) is 12.1 Å². The molecule has 5 rings (SSSR count). The first kappa shape index (κ1) is 19.4. The smallest absolute Gasteiger partial charge is 0.225 e. The van der Waals surface area contributed by atoms with E-state index in [-0.39, 0.29) is 5.91 Å². The highest BCUT2D eigenvalue weighted by molar-refractivity contribution is 5.92. The van der Waals surface area contributed by atoms with Crippen molar-refractivity contribution < 1.29 is 9.53 Å². The van der Waals surface area contributed by atoms with Gasteiger partial charge in [0.1, 0.15) is 11.8 Å². The zero-order valence-corrected chi connectivity index (χ0v) is 17.0. The van der Waals surface area contributed by atoms with Crippen LogP contribution in [0.1, 0.15) is 23.2 Å². The molecule has 1 saturated heterocycles. The van der Waals surface area contributed by atoms with Crippen LogP contribution < -0.4 is 5.32 Å². The van der Waals surface area contributed by atoms with E-state index >= 15 is 0 Å². The van der Waals surface area contributed by atoms with E-state index in [0.717, 1.165) is 73.0 Å². The molecular weight excluding hydrogens is 392 g/mol. The zero-order chi connectivity index (χ0) is 21.2. The van der Waals surface area contributed by atoms with Crippen LogP contribution in [0.4, 0.5) is 5.69 Å². The molecule has 1 aromatic carbocycles. The van der Waals surface area contributed by atoms with Gasteiger partial charge in [-0.25, -0.2) is 4.98 Å². The van der Waals surface area contributed by atoms with Gasteiger partial charge in [-0.15, -0.1) is 0 Å². The number of H-pyrrole nitrogens is 1. The highest BCUT2D eigenvalue weighted by Gasteiger charge is 2.25. The number of carbonyl (C=O) groups excluding carboxylic acids is 1. The fourth-order valence-electron chi connectivity index (χ4n) is 4.14. The first-order chi connectivity index (χ1) is 15.2. The van der Waals surface area contributed by atoms with Gasteiger partial charge < -0.3 is 10.1 Å². The Labute approximate surface area is 179 Å². The van der Waals surface area contributed by atoms with Crippen molar-refractivity contribution in [1.82, 2.24) is 20.1 Å². The van der Waals surface area contributed by atoms with Crippen LogP contribution in [0.25, 0.3) is 22.5 Å². The van der Waals surface area contributed by atoms with Gasteiger partial charge in [-0.05, 0) is 29.8 Å². The molecule has 3 heterocycles. The highest BCUT2D eigenvalue weighted by Crippen LogP contribution is 2.41. The first-order valence-electron chi connectivity index (χ1n) is 10.4. The molecule has 0 spiro atoms. The van der Waals surface area contributed by atoms with E-state index < -0.39 is 0 Å². The van der Waals surface area contributed by atoms with Gasteiger partial charge in [-0.2, -0.15) is 10.4 Å². The first-order valence-corrected chi connectivity index (χ1v) is 10.4. The number of rotatable bonds is 5. The molecule has 0 bridgehead atoms. The summed E-state index contributed by atoms with van der Waals surface area (Å²) in [6.07, 6.45) is 2.90. The van der Waals surface area contributed by atoms with Crippen molar-refractivity contribution in [3.05, 3.63) is 53.3 Å². The van der Waals surface area contributed by atoms with Crippen LogP contribution in [0.5, 0.6) is 0 Å². The van der Waals surface area contributed by atoms with Crippen molar-refractivity contribution in [2.24, 2.45) is 0 Å². The van der Waals surface area contributed by atoms with E-state index in [1.165, 1.54) is 5.56 Å². The lowest BCUT2D eigenvalue weighted by molar-refractivity contribution is -0.116. The summed E-state index contributed by atoms with van der Waals surface area (Å²) in [6.45, 7) is 3.98. The Morgan fingerprint density at radius 3 is 2.90 bits per heavy atom. The molecule has 156 valence electrons. The fourth-order valence-corrected chi connectivity index (χ4v) is 4.14. The maximum Gasteiger partial charge on any atom is 0.225 e. The molecule has 1 aliphatic carbocycles. The van der Waals surface area contributed by atoms with Crippen molar-refractivity contribution in [2.45, 2.75) is 12.8 Å². The van der Waals surface area contributed by atoms with E-state index in [4.69, 9.17) is 10.00 Å². The number of hydrogen-bond donors (Lipinski definition) is 2. The van der Waals surface area contributed by atoms with Gasteiger partial charge in [0.15, 0.2) is 0 Å². The van der Waals surface area contributed by atoms with Crippen molar-refractivity contribution >= 4 is 11.6 Å². The average Bonchev–Trinajstić information content (AvgIpc) is 3.38. The molecule has 8 nitrogen and oxygen atoms in total. The zero-order valence-electron chi connectivity index (χ0n) is 17.0.